The topological polar surface area (TPSA) is 78.9 Å². The zero-order valence-electron chi connectivity index (χ0n) is 9.11. The van der Waals surface area contributed by atoms with Crippen LogP contribution < -0.4 is 11.1 Å². The van der Waals surface area contributed by atoms with Crippen molar-refractivity contribution in [3.8, 4) is 6.07 Å². The third kappa shape index (κ3) is 3.40. The molecule has 1 amide bonds. The second-order valence-electron chi connectivity index (χ2n) is 3.43. The molecule has 0 heterocycles. The summed E-state index contributed by atoms with van der Waals surface area (Å²) in [4.78, 5) is 11.5. The molecule has 1 aromatic carbocycles. The predicted octanol–water partition coefficient (Wildman–Crippen LogP) is 1.54. The van der Waals surface area contributed by atoms with Gasteiger partial charge in [-0.15, -0.1) is 6.58 Å². The van der Waals surface area contributed by atoms with Crippen molar-refractivity contribution in [3.63, 3.8) is 0 Å². The SMILES string of the molecule is C=CCC(N)C(=O)Nc1ccc(C#N)cc1F. The lowest BCUT2D eigenvalue weighted by Gasteiger charge is -2.10. The number of carbonyl (C=O) groups is 1. The van der Waals surface area contributed by atoms with Gasteiger partial charge >= 0.3 is 0 Å². The van der Waals surface area contributed by atoms with Gasteiger partial charge in [-0.1, -0.05) is 6.08 Å². The molecule has 17 heavy (non-hydrogen) atoms. The van der Waals surface area contributed by atoms with E-state index < -0.39 is 17.8 Å². The molecule has 88 valence electrons. The second-order valence-corrected chi connectivity index (χ2v) is 3.43. The van der Waals surface area contributed by atoms with E-state index in [9.17, 15) is 9.18 Å². The molecule has 0 spiro atoms. The van der Waals surface area contributed by atoms with Crippen LogP contribution in [0.25, 0.3) is 0 Å². The van der Waals surface area contributed by atoms with Gasteiger partial charge in [-0.3, -0.25) is 4.79 Å². The van der Waals surface area contributed by atoms with Crippen molar-refractivity contribution in [1.82, 2.24) is 0 Å². The first-order valence-corrected chi connectivity index (χ1v) is 4.95. The molecule has 1 unspecified atom stereocenters. The minimum atomic E-state index is -0.762. The highest BCUT2D eigenvalue weighted by Crippen LogP contribution is 2.15. The van der Waals surface area contributed by atoms with Gasteiger partial charge in [-0.25, -0.2) is 4.39 Å². The zero-order chi connectivity index (χ0) is 12.8. The number of hydrogen-bond acceptors (Lipinski definition) is 3. The first-order chi connectivity index (χ1) is 8.08. The van der Waals surface area contributed by atoms with Crippen molar-refractivity contribution in [2.24, 2.45) is 5.73 Å². The van der Waals surface area contributed by atoms with Crippen molar-refractivity contribution < 1.29 is 9.18 Å². The maximum absolute atomic E-state index is 13.4. The minimum absolute atomic E-state index is 0.00788. The van der Waals surface area contributed by atoms with Gasteiger partial charge in [0.25, 0.3) is 0 Å². The highest BCUT2D eigenvalue weighted by Gasteiger charge is 2.13. The Bertz CT molecular complexity index is 479. The molecule has 1 rings (SSSR count). The molecule has 0 saturated heterocycles. The molecule has 0 saturated carbocycles. The van der Waals surface area contributed by atoms with Gasteiger partial charge in [0, 0.05) is 0 Å². The normalized spacial score (nSPS) is 11.4. The summed E-state index contributed by atoms with van der Waals surface area (Å²) in [6.07, 6.45) is 1.82. The molecule has 0 aliphatic heterocycles. The zero-order valence-corrected chi connectivity index (χ0v) is 9.11. The van der Waals surface area contributed by atoms with Crippen LogP contribution in [0, 0.1) is 17.1 Å². The maximum atomic E-state index is 13.4. The van der Waals surface area contributed by atoms with E-state index >= 15 is 0 Å². The molecule has 0 fully saturated rings. The molecule has 0 aromatic heterocycles. The molecule has 1 aromatic rings. The van der Waals surface area contributed by atoms with Gasteiger partial charge in [0.1, 0.15) is 5.82 Å². The van der Waals surface area contributed by atoms with Gasteiger partial charge in [-0.2, -0.15) is 5.26 Å². The summed E-state index contributed by atoms with van der Waals surface area (Å²) >= 11 is 0. The van der Waals surface area contributed by atoms with Gasteiger partial charge < -0.3 is 11.1 Å². The Morgan fingerprint density at radius 3 is 2.94 bits per heavy atom. The summed E-state index contributed by atoms with van der Waals surface area (Å²) < 4.78 is 13.4. The Hall–Kier alpha value is -2.19. The average molecular weight is 233 g/mol. The molecule has 5 heteroatoms. The van der Waals surface area contributed by atoms with Crippen LogP contribution in [-0.4, -0.2) is 11.9 Å². The fourth-order valence-electron chi connectivity index (χ4n) is 1.20. The fourth-order valence-corrected chi connectivity index (χ4v) is 1.20. The Balaban J connectivity index is 2.79. The largest absolute Gasteiger partial charge is 0.322 e. The highest BCUT2D eigenvalue weighted by atomic mass is 19.1. The van der Waals surface area contributed by atoms with Crippen LogP contribution >= 0.6 is 0 Å². The van der Waals surface area contributed by atoms with E-state index in [0.29, 0.717) is 6.42 Å². The molecule has 0 aliphatic rings. The lowest BCUT2D eigenvalue weighted by Crippen LogP contribution is -2.35. The Kier molecular flexibility index (Phi) is 4.37. The van der Waals surface area contributed by atoms with E-state index in [1.54, 1.807) is 6.07 Å². The van der Waals surface area contributed by atoms with Crippen LogP contribution in [0.4, 0.5) is 10.1 Å². The minimum Gasteiger partial charge on any atom is -0.322 e. The first-order valence-electron chi connectivity index (χ1n) is 4.95. The van der Waals surface area contributed by atoms with Gasteiger partial charge in [0.15, 0.2) is 0 Å². The number of nitrogens with zero attached hydrogens (tertiary/aromatic N) is 1. The van der Waals surface area contributed by atoms with Crippen molar-refractivity contribution in [2.45, 2.75) is 12.5 Å². The fraction of sp³-hybridized carbons (Fsp3) is 0.167. The number of nitriles is 1. The van der Waals surface area contributed by atoms with Crippen LogP contribution in [-0.2, 0) is 4.79 Å². The van der Waals surface area contributed by atoms with Crippen LogP contribution in [0.5, 0.6) is 0 Å². The average Bonchev–Trinajstić information content (AvgIpc) is 2.31. The van der Waals surface area contributed by atoms with Crippen molar-refractivity contribution >= 4 is 11.6 Å². The van der Waals surface area contributed by atoms with Crippen LogP contribution in [0.1, 0.15) is 12.0 Å². The Labute approximate surface area is 98.5 Å². The van der Waals surface area contributed by atoms with Crippen molar-refractivity contribution in [1.29, 1.82) is 5.26 Å². The van der Waals surface area contributed by atoms with Gasteiger partial charge in [-0.05, 0) is 24.6 Å². The molecule has 0 aliphatic carbocycles. The van der Waals surface area contributed by atoms with Gasteiger partial charge in [0.05, 0.1) is 23.4 Å². The van der Waals surface area contributed by atoms with E-state index in [-0.39, 0.29) is 11.3 Å². The summed E-state index contributed by atoms with van der Waals surface area (Å²) in [6, 6.07) is 4.83. The summed E-state index contributed by atoms with van der Waals surface area (Å²) in [5.74, 6) is -1.16. The molecule has 4 nitrogen and oxygen atoms in total. The number of amides is 1. The summed E-state index contributed by atoms with van der Waals surface area (Å²) in [7, 11) is 0. The molecule has 1 atom stereocenters. The molecular weight excluding hydrogens is 221 g/mol. The number of nitrogens with two attached hydrogens (primary N) is 1. The second kappa shape index (κ2) is 5.77. The lowest BCUT2D eigenvalue weighted by atomic mass is 10.2. The number of benzene rings is 1. The standard InChI is InChI=1S/C12H12FN3O/c1-2-3-10(15)12(17)16-11-5-4-8(7-14)6-9(11)13/h2,4-6,10H,1,3,15H2,(H,16,17). The van der Waals surface area contributed by atoms with Crippen LogP contribution in [0.15, 0.2) is 30.9 Å². The van der Waals surface area contributed by atoms with E-state index in [1.807, 2.05) is 0 Å². The van der Waals surface area contributed by atoms with E-state index in [4.69, 9.17) is 11.0 Å². The Morgan fingerprint density at radius 1 is 1.71 bits per heavy atom. The quantitative estimate of drug-likeness (QED) is 0.774. The number of anilines is 1. The molecule has 0 bridgehead atoms. The third-order valence-electron chi connectivity index (χ3n) is 2.11. The van der Waals surface area contributed by atoms with E-state index in [0.717, 1.165) is 6.07 Å². The number of halogens is 1. The molecule has 0 radical (unpaired) electrons. The Morgan fingerprint density at radius 2 is 2.41 bits per heavy atom. The number of carbonyl (C=O) groups excluding carboxylic acids is 1. The van der Waals surface area contributed by atoms with E-state index in [1.165, 1.54) is 18.2 Å². The number of hydrogen-bond donors (Lipinski definition) is 2. The maximum Gasteiger partial charge on any atom is 0.241 e. The predicted molar refractivity (Wildman–Crippen MR) is 62.5 cm³/mol. The van der Waals surface area contributed by atoms with E-state index in [2.05, 4.69) is 11.9 Å². The monoisotopic (exact) mass is 233 g/mol. The van der Waals surface area contributed by atoms with Crippen molar-refractivity contribution in [3.05, 3.63) is 42.2 Å². The van der Waals surface area contributed by atoms with Crippen LogP contribution in [0.2, 0.25) is 0 Å². The third-order valence-corrected chi connectivity index (χ3v) is 2.11. The highest BCUT2D eigenvalue weighted by molar-refractivity contribution is 5.94. The summed E-state index contributed by atoms with van der Waals surface area (Å²) in [5, 5.41) is 10.9. The van der Waals surface area contributed by atoms with Crippen LogP contribution in [0.3, 0.4) is 0 Å². The number of rotatable bonds is 4. The first kappa shape index (κ1) is 12.9. The van der Waals surface area contributed by atoms with Gasteiger partial charge in [0.2, 0.25) is 5.91 Å². The number of nitrogens with one attached hydrogen (secondary N) is 1. The summed E-state index contributed by atoms with van der Waals surface area (Å²) in [5.41, 5.74) is 5.72. The smallest absolute Gasteiger partial charge is 0.241 e. The summed E-state index contributed by atoms with van der Waals surface area (Å²) in [6.45, 7) is 3.46. The lowest BCUT2D eigenvalue weighted by molar-refractivity contribution is -0.117. The molecule has 3 N–H and O–H groups in total. The molecular formula is C12H12FN3O. The van der Waals surface area contributed by atoms with Crippen molar-refractivity contribution in [2.75, 3.05) is 5.32 Å².